The van der Waals surface area contributed by atoms with Crippen molar-refractivity contribution >= 4 is 5.78 Å². The molecule has 15 heavy (non-hydrogen) atoms. The molecule has 0 N–H and O–H groups in total. The van der Waals surface area contributed by atoms with E-state index in [9.17, 15) is 4.79 Å². The van der Waals surface area contributed by atoms with Gasteiger partial charge in [0.2, 0.25) is 0 Å². The molecule has 3 nitrogen and oxygen atoms in total. The van der Waals surface area contributed by atoms with Gasteiger partial charge in [0.05, 0.1) is 18.2 Å². The smallest absolute Gasteiger partial charge is 0.160 e. The quantitative estimate of drug-likeness (QED) is 0.709. The van der Waals surface area contributed by atoms with E-state index in [2.05, 4.69) is 6.07 Å². The molecule has 0 heterocycles. The van der Waals surface area contributed by atoms with E-state index in [4.69, 9.17) is 10.00 Å². The summed E-state index contributed by atoms with van der Waals surface area (Å²) in [6.07, 6.45) is 0. The summed E-state index contributed by atoms with van der Waals surface area (Å²) in [4.78, 5) is 11.3. The van der Waals surface area contributed by atoms with E-state index in [-0.39, 0.29) is 5.78 Å². The summed E-state index contributed by atoms with van der Waals surface area (Å²) in [5.41, 5.74) is 1.76. The zero-order valence-corrected chi connectivity index (χ0v) is 9.13. The molecule has 78 valence electrons. The Morgan fingerprint density at radius 2 is 2.20 bits per heavy atom. The fourth-order valence-corrected chi connectivity index (χ4v) is 1.42. The van der Waals surface area contributed by atoms with E-state index >= 15 is 0 Å². The van der Waals surface area contributed by atoms with Crippen LogP contribution in [-0.4, -0.2) is 12.4 Å². The molecular weight excluding hydrogens is 190 g/mol. The van der Waals surface area contributed by atoms with Crippen molar-refractivity contribution in [2.24, 2.45) is 0 Å². The van der Waals surface area contributed by atoms with Crippen LogP contribution in [0.2, 0.25) is 0 Å². The summed E-state index contributed by atoms with van der Waals surface area (Å²) < 4.78 is 5.29. The van der Waals surface area contributed by atoms with Gasteiger partial charge < -0.3 is 4.74 Å². The summed E-state index contributed by atoms with van der Waals surface area (Å²) in [6.45, 7) is 5.63. The molecular formula is C12H13NO2. The molecule has 1 aromatic rings. The van der Waals surface area contributed by atoms with Crippen LogP contribution in [0.15, 0.2) is 12.1 Å². The maximum Gasteiger partial charge on any atom is 0.160 e. The Kier molecular flexibility index (Phi) is 3.46. The maximum atomic E-state index is 11.3. The molecule has 0 saturated carbocycles. The average Bonchev–Trinajstić information content (AvgIpc) is 2.20. The fraction of sp³-hybridized carbons (Fsp3) is 0.333. The van der Waals surface area contributed by atoms with Gasteiger partial charge in [-0.25, -0.2) is 0 Å². The number of nitriles is 1. The highest BCUT2D eigenvalue weighted by Gasteiger charge is 2.10. The summed E-state index contributed by atoms with van der Waals surface area (Å²) in [5, 5.41) is 8.90. The lowest BCUT2D eigenvalue weighted by Gasteiger charge is -2.08. The van der Waals surface area contributed by atoms with Gasteiger partial charge in [-0.1, -0.05) is 0 Å². The Morgan fingerprint density at radius 3 is 2.67 bits per heavy atom. The van der Waals surface area contributed by atoms with E-state index in [0.717, 1.165) is 0 Å². The number of benzene rings is 1. The third-order valence-electron chi connectivity index (χ3n) is 2.19. The number of carbonyl (C=O) groups excluding carboxylic acids is 1. The summed E-state index contributed by atoms with van der Waals surface area (Å²) in [7, 11) is 0. The zero-order chi connectivity index (χ0) is 11.4. The highest BCUT2D eigenvalue weighted by Crippen LogP contribution is 2.22. The number of ether oxygens (including phenoxy) is 1. The van der Waals surface area contributed by atoms with Crippen molar-refractivity contribution in [1.82, 2.24) is 0 Å². The van der Waals surface area contributed by atoms with Gasteiger partial charge in [-0.3, -0.25) is 4.79 Å². The van der Waals surface area contributed by atoms with Gasteiger partial charge in [0, 0.05) is 5.56 Å². The molecule has 0 unspecified atom stereocenters. The van der Waals surface area contributed by atoms with Crippen LogP contribution in [0.4, 0.5) is 0 Å². The van der Waals surface area contributed by atoms with Crippen LogP contribution in [0.1, 0.15) is 35.3 Å². The molecule has 0 aromatic heterocycles. The second-order valence-electron chi connectivity index (χ2n) is 3.24. The molecule has 0 aliphatic rings. The van der Waals surface area contributed by atoms with Crippen LogP contribution in [-0.2, 0) is 0 Å². The molecule has 0 saturated heterocycles. The number of Topliss-reactive ketones (excluding diaryl/α,β-unsaturated/α-hetero) is 1. The van der Waals surface area contributed by atoms with Crippen molar-refractivity contribution < 1.29 is 9.53 Å². The van der Waals surface area contributed by atoms with E-state index < -0.39 is 0 Å². The minimum atomic E-state index is -0.0504. The van der Waals surface area contributed by atoms with Crippen molar-refractivity contribution in [3.8, 4) is 11.8 Å². The van der Waals surface area contributed by atoms with E-state index in [1.807, 2.05) is 6.92 Å². The largest absolute Gasteiger partial charge is 0.494 e. The Morgan fingerprint density at radius 1 is 1.53 bits per heavy atom. The maximum absolute atomic E-state index is 11.3. The van der Waals surface area contributed by atoms with Gasteiger partial charge in [-0.05, 0) is 38.5 Å². The predicted molar refractivity (Wildman–Crippen MR) is 57.1 cm³/mol. The topological polar surface area (TPSA) is 50.1 Å². The molecule has 0 bridgehead atoms. The van der Waals surface area contributed by atoms with Crippen molar-refractivity contribution in [2.45, 2.75) is 20.8 Å². The second kappa shape index (κ2) is 4.61. The van der Waals surface area contributed by atoms with Gasteiger partial charge in [-0.2, -0.15) is 5.26 Å². The third kappa shape index (κ3) is 2.35. The Hall–Kier alpha value is -1.82. The predicted octanol–water partition coefficient (Wildman–Crippen LogP) is 2.47. The minimum absolute atomic E-state index is 0.0504. The average molecular weight is 203 g/mol. The first-order chi connectivity index (χ1) is 7.10. The van der Waals surface area contributed by atoms with Gasteiger partial charge in [0.1, 0.15) is 5.75 Å². The number of hydrogen-bond acceptors (Lipinski definition) is 3. The Bertz CT molecular complexity index is 430. The fourth-order valence-electron chi connectivity index (χ4n) is 1.42. The number of carbonyl (C=O) groups is 1. The van der Waals surface area contributed by atoms with Crippen LogP contribution in [0.3, 0.4) is 0 Å². The monoisotopic (exact) mass is 203 g/mol. The van der Waals surface area contributed by atoms with Crippen LogP contribution >= 0.6 is 0 Å². The standard InChI is InChI=1S/C12H13NO2/c1-4-15-11-5-10(7-13)8(2)12(6-11)9(3)14/h5-6H,4H2,1-3H3. The van der Waals surface area contributed by atoms with Crippen molar-refractivity contribution in [3.05, 3.63) is 28.8 Å². The SMILES string of the molecule is CCOc1cc(C#N)c(C)c(C(C)=O)c1. The molecule has 0 aliphatic heterocycles. The molecule has 0 atom stereocenters. The number of ketones is 1. The first-order valence-electron chi connectivity index (χ1n) is 4.78. The molecule has 0 fully saturated rings. The zero-order valence-electron chi connectivity index (χ0n) is 9.13. The second-order valence-corrected chi connectivity index (χ2v) is 3.24. The lowest BCUT2D eigenvalue weighted by molar-refractivity contribution is 0.101. The van der Waals surface area contributed by atoms with Crippen LogP contribution in [0, 0.1) is 18.3 Å². The molecule has 1 rings (SSSR count). The van der Waals surface area contributed by atoms with Crippen LogP contribution < -0.4 is 4.74 Å². The highest BCUT2D eigenvalue weighted by atomic mass is 16.5. The Balaban J connectivity index is 3.33. The molecule has 3 heteroatoms. The van der Waals surface area contributed by atoms with Gasteiger partial charge >= 0.3 is 0 Å². The van der Waals surface area contributed by atoms with Crippen LogP contribution in [0.25, 0.3) is 0 Å². The minimum Gasteiger partial charge on any atom is -0.494 e. The number of nitrogens with zero attached hydrogens (tertiary/aromatic N) is 1. The molecule has 0 spiro atoms. The molecule has 0 amide bonds. The summed E-state index contributed by atoms with van der Waals surface area (Å²) in [6, 6.07) is 5.40. The first-order valence-corrected chi connectivity index (χ1v) is 4.78. The normalized spacial score (nSPS) is 9.47. The van der Waals surface area contributed by atoms with Gasteiger partial charge in [0.15, 0.2) is 5.78 Å². The first kappa shape index (κ1) is 11.3. The van der Waals surface area contributed by atoms with Gasteiger partial charge in [-0.15, -0.1) is 0 Å². The molecule has 0 radical (unpaired) electrons. The molecule has 0 aliphatic carbocycles. The Labute approximate surface area is 89.3 Å². The lowest BCUT2D eigenvalue weighted by atomic mass is 10.00. The molecule has 1 aromatic carbocycles. The van der Waals surface area contributed by atoms with E-state index in [0.29, 0.717) is 29.0 Å². The van der Waals surface area contributed by atoms with E-state index in [1.54, 1.807) is 19.1 Å². The number of rotatable bonds is 3. The lowest BCUT2D eigenvalue weighted by Crippen LogP contribution is -2.01. The van der Waals surface area contributed by atoms with Crippen molar-refractivity contribution in [2.75, 3.05) is 6.61 Å². The third-order valence-corrected chi connectivity index (χ3v) is 2.19. The van der Waals surface area contributed by atoms with Crippen molar-refractivity contribution in [1.29, 1.82) is 5.26 Å². The van der Waals surface area contributed by atoms with E-state index in [1.165, 1.54) is 6.92 Å². The van der Waals surface area contributed by atoms with Gasteiger partial charge in [0.25, 0.3) is 0 Å². The summed E-state index contributed by atoms with van der Waals surface area (Å²) in [5.74, 6) is 0.524. The highest BCUT2D eigenvalue weighted by molar-refractivity contribution is 5.96. The summed E-state index contributed by atoms with van der Waals surface area (Å²) >= 11 is 0. The van der Waals surface area contributed by atoms with Crippen LogP contribution in [0.5, 0.6) is 5.75 Å². The van der Waals surface area contributed by atoms with Crippen molar-refractivity contribution in [3.63, 3.8) is 0 Å². The number of hydrogen-bond donors (Lipinski definition) is 0.